The molecule has 0 aliphatic carbocycles. The van der Waals surface area contributed by atoms with Gasteiger partial charge in [-0.25, -0.2) is 4.98 Å². The van der Waals surface area contributed by atoms with Gasteiger partial charge in [0.25, 0.3) is 0 Å². The normalized spacial score (nSPS) is 9.56. The molecule has 0 saturated heterocycles. The first-order valence-electron chi connectivity index (χ1n) is 4.10. The van der Waals surface area contributed by atoms with Gasteiger partial charge in [-0.1, -0.05) is 29.8 Å². The topological polar surface area (TPSA) is 53.0 Å². The molecule has 76 valence electrons. The third kappa shape index (κ3) is 2.84. The van der Waals surface area contributed by atoms with Gasteiger partial charge in [-0.3, -0.25) is 0 Å². The zero-order valence-electron chi connectivity index (χ0n) is 8.44. The van der Waals surface area contributed by atoms with Crippen LogP contribution in [-0.4, -0.2) is 11.0 Å². The molecular weight excluding hydrogens is 257 g/mol. The quantitative estimate of drug-likeness (QED) is 0.641. The van der Waals surface area contributed by atoms with Crippen LogP contribution in [0.5, 0.6) is 0 Å². The Morgan fingerprint density at radius 1 is 1.38 bits per heavy atom. The van der Waals surface area contributed by atoms with Crippen LogP contribution in [0.1, 0.15) is 9.80 Å². The van der Waals surface area contributed by atoms with Crippen molar-refractivity contribution in [1.82, 2.24) is 4.98 Å². The number of carboxylic acid groups (broad SMARTS) is 1. The van der Waals surface area contributed by atoms with Gasteiger partial charge in [-0.15, -0.1) is 11.3 Å². The van der Waals surface area contributed by atoms with Crippen molar-refractivity contribution >= 4 is 28.9 Å². The molecule has 2 rings (SSSR count). The van der Waals surface area contributed by atoms with Crippen LogP contribution in [0.25, 0.3) is 11.3 Å². The first-order valence-corrected chi connectivity index (χ1v) is 5.36. The number of carbonyl (C=O) groups excluding carboxylic acids is 1. The van der Waals surface area contributed by atoms with E-state index in [4.69, 9.17) is 11.6 Å². The molecule has 0 fully saturated rings. The SMILES string of the molecule is O=C([O-])c1nc(-c2ccccc2Cl)cs1.[Na+]. The average molecular weight is 262 g/mol. The Balaban J connectivity index is 0.00000128. The van der Waals surface area contributed by atoms with Gasteiger partial charge >= 0.3 is 29.6 Å². The van der Waals surface area contributed by atoms with Gasteiger partial charge in [0.05, 0.1) is 5.69 Å². The summed E-state index contributed by atoms with van der Waals surface area (Å²) in [7, 11) is 0. The summed E-state index contributed by atoms with van der Waals surface area (Å²) in [6.07, 6.45) is 0. The van der Waals surface area contributed by atoms with Gasteiger partial charge < -0.3 is 9.90 Å². The molecule has 0 spiro atoms. The van der Waals surface area contributed by atoms with Crippen LogP contribution >= 0.6 is 22.9 Å². The largest absolute Gasteiger partial charge is 1.00 e. The zero-order chi connectivity index (χ0) is 10.8. The summed E-state index contributed by atoms with van der Waals surface area (Å²) in [6.45, 7) is 0. The van der Waals surface area contributed by atoms with Crippen LogP contribution in [0.2, 0.25) is 5.02 Å². The maximum Gasteiger partial charge on any atom is 1.00 e. The van der Waals surface area contributed by atoms with Crippen LogP contribution in [0.15, 0.2) is 29.6 Å². The standard InChI is InChI=1S/C10H6ClNO2S.Na/c11-7-4-2-1-3-6(7)8-5-15-9(12-8)10(13)14;/h1-5H,(H,13,14);/q;+1/p-1. The molecule has 6 heteroatoms. The van der Waals surface area contributed by atoms with Crippen molar-refractivity contribution in [3.05, 3.63) is 39.7 Å². The molecule has 0 aliphatic rings. The fourth-order valence-corrected chi connectivity index (χ4v) is 2.04. The number of hydrogen-bond acceptors (Lipinski definition) is 4. The molecule has 0 atom stereocenters. The van der Waals surface area contributed by atoms with Crippen LogP contribution in [0, 0.1) is 0 Å². The number of carbonyl (C=O) groups is 1. The number of halogens is 1. The summed E-state index contributed by atoms with van der Waals surface area (Å²) in [5.41, 5.74) is 1.28. The van der Waals surface area contributed by atoms with Gasteiger partial charge in [0.15, 0.2) is 0 Å². The fraction of sp³-hybridized carbons (Fsp3) is 0. The van der Waals surface area contributed by atoms with E-state index in [-0.39, 0.29) is 34.6 Å². The molecule has 16 heavy (non-hydrogen) atoms. The Morgan fingerprint density at radius 2 is 2.06 bits per heavy atom. The maximum absolute atomic E-state index is 10.5. The molecule has 3 nitrogen and oxygen atoms in total. The molecule has 0 aliphatic heterocycles. The number of aromatic nitrogens is 1. The van der Waals surface area contributed by atoms with E-state index in [0.717, 1.165) is 16.9 Å². The maximum atomic E-state index is 10.5. The van der Waals surface area contributed by atoms with Gasteiger partial charge in [0, 0.05) is 16.0 Å². The Hall–Kier alpha value is -0.390. The monoisotopic (exact) mass is 261 g/mol. The smallest absolute Gasteiger partial charge is 0.542 e. The molecule has 2 aromatic rings. The first-order chi connectivity index (χ1) is 7.18. The molecule has 0 N–H and O–H groups in total. The van der Waals surface area contributed by atoms with Gasteiger partial charge in [-0.05, 0) is 6.07 Å². The predicted octanol–water partition coefficient (Wildman–Crippen LogP) is -1.17. The number of rotatable bonds is 2. The minimum atomic E-state index is -1.27. The minimum Gasteiger partial charge on any atom is -0.542 e. The summed E-state index contributed by atoms with van der Waals surface area (Å²) in [4.78, 5) is 14.4. The molecule has 0 radical (unpaired) electrons. The second-order valence-corrected chi connectivity index (χ2v) is 4.07. The van der Waals surface area contributed by atoms with Crippen molar-refractivity contribution in [3.63, 3.8) is 0 Å². The van der Waals surface area contributed by atoms with Crippen molar-refractivity contribution in [3.8, 4) is 11.3 Å². The molecule has 1 heterocycles. The molecular formula is C10H5ClNNaO2S. The van der Waals surface area contributed by atoms with Crippen LogP contribution in [-0.2, 0) is 0 Å². The number of thiazole rings is 1. The number of aromatic carboxylic acids is 1. The van der Waals surface area contributed by atoms with E-state index >= 15 is 0 Å². The Kier molecular flexibility index (Phi) is 4.95. The average Bonchev–Trinajstić information content (AvgIpc) is 2.67. The molecule has 0 unspecified atom stereocenters. The molecule has 1 aromatic carbocycles. The van der Waals surface area contributed by atoms with Crippen LogP contribution < -0.4 is 34.7 Å². The molecule has 0 amide bonds. The number of nitrogens with zero attached hydrogens (tertiary/aromatic N) is 1. The summed E-state index contributed by atoms with van der Waals surface area (Å²) >= 11 is 6.98. The van der Waals surface area contributed by atoms with E-state index in [0.29, 0.717) is 10.7 Å². The number of carboxylic acids is 1. The Labute approximate surface area is 123 Å². The van der Waals surface area contributed by atoms with E-state index in [1.807, 2.05) is 6.07 Å². The van der Waals surface area contributed by atoms with Gasteiger partial charge in [0.1, 0.15) is 11.0 Å². The fourth-order valence-electron chi connectivity index (χ4n) is 1.16. The second kappa shape index (κ2) is 5.80. The first kappa shape index (κ1) is 13.7. The van der Waals surface area contributed by atoms with Crippen molar-refractivity contribution in [2.75, 3.05) is 0 Å². The third-order valence-corrected chi connectivity index (χ3v) is 2.98. The number of benzene rings is 1. The van der Waals surface area contributed by atoms with E-state index < -0.39 is 5.97 Å². The molecule has 0 bridgehead atoms. The summed E-state index contributed by atoms with van der Waals surface area (Å²) in [5, 5.41) is 12.7. The summed E-state index contributed by atoms with van der Waals surface area (Å²) < 4.78 is 0. The molecule has 0 saturated carbocycles. The van der Waals surface area contributed by atoms with E-state index in [9.17, 15) is 9.90 Å². The van der Waals surface area contributed by atoms with Gasteiger partial charge in [-0.2, -0.15) is 0 Å². The van der Waals surface area contributed by atoms with Crippen LogP contribution in [0.4, 0.5) is 0 Å². The van der Waals surface area contributed by atoms with Crippen molar-refractivity contribution in [2.24, 2.45) is 0 Å². The van der Waals surface area contributed by atoms with E-state index in [1.54, 1.807) is 23.6 Å². The molecule has 1 aromatic heterocycles. The van der Waals surface area contributed by atoms with E-state index in [1.165, 1.54) is 0 Å². The van der Waals surface area contributed by atoms with E-state index in [2.05, 4.69) is 4.98 Å². The summed E-state index contributed by atoms with van der Waals surface area (Å²) in [6, 6.07) is 7.14. The number of hydrogen-bond donors (Lipinski definition) is 0. The minimum absolute atomic E-state index is 0. The zero-order valence-corrected chi connectivity index (χ0v) is 12.0. The Morgan fingerprint density at radius 3 is 2.62 bits per heavy atom. The van der Waals surface area contributed by atoms with Gasteiger partial charge in [0.2, 0.25) is 0 Å². The van der Waals surface area contributed by atoms with Crippen molar-refractivity contribution < 1.29 is 39.5 Å². The Bertz CT molecular complexity index is 515. The van der Waals surface area contributed by atoms with Crippen molar-refractivity contribution in [1.29, 1.82) is 0 Å². The van der Waals surface area contributed by atoms with Crippen LogP contribution in [0.3, 0.4) is 0 Å². The third-order valence-electron chi connectivity index (χ3n) is 1.83. The predicted molar refractivity (Wildman–Crippen MR) is 56.9 cm³/mol. The summed E-state index contributed by atoms with van der Waals surface area (Å²) in [5.74, 6) is -1.27. The second-order valence-electron chi connectivity index (χ2n) is 2.81. The van der Waals surface area contributed by atoms with Crippen molar-refractivity contribution in [2.45, 2.75) is 0 Å².